The van der Waals surface area contributed by atoms with E-state index in [9.17, 15) is 5.11 Å². The van der Waals surface area contributed by atoms with Crippen LogP contribution in [0.2, 0.25) is 0 Å². The lowest BCUT2D eigenvalue weighted by Gasteiger charge is -2.35. The number of aliphatic hydroxyl groups is 1. The van der Waals surface area contributed by atoms with E-state index in [0.29, 0.717) is 0 Å². The fourth-order valence-corrected chi connectivity index (χ4v) is 2.75. The molecule has 1 fully saturated rings. The van der Waals surface area contributed by atoms with Crippen LogP contribution in [0.15, 0.2) is 24.3 Å². The Kier molecular flexibility index (Phi) is 3.88. The van der Waals surface area contributed by atoms with Crippen molar-refractivity contribution in [2.75, 3.05) is 0 Å². The minimum Gasteiger partial charge on any atom is -0.390 e. The van der Waals surface area contributed by atoms with Gasteiger partial charge in [0.25, 0.3) is 0 Å². The zero-order chi connectivity index (χ0) is 12.3. The first-order chi connectivity index (χ1) is 8.11. The Bertz CT molecular complexity index is 344. The van der Waals surface area contributed by atoms with Gasteiger partial charge in [0, 0.05) is 6.42 Å². The van der Waals surface area contributed by atoms with Crippen LogP contribution in [-0.4, -0.2) is 10.7 Å². The van der Waals surface area contributed by atoms with Crippen molar-refractivity contribution in [2.24, 2.45) is 5.92 Å². The molecule has 0 radical (unpaired) electrons. The smallest absolute Gasteiger partial charge is 0.0688 e. The fraction of sp³-hybridized carbons (Fsp3) is 0.625. The molecule has 1 saturated carbocycles. The van der Waals surface area contributed by atoms with Crippen LogP contribution >= 0.6 is 0 Å². The van der Waals surface area contributed by atoms with Gasteiger partial charge in [-0.2, -0.15) is 0 Å². The van der Waals surface area contributed by atoms with Crippen LogP contribution in [0.25, 0.3) is 0 Å². The van der Waals surface area contributed by atoms with E-state index >= 15 is 0 Å². The second kappa shape index (κ2) is 5.22. The SMILES string of the molecule is CCc1ccc(CC2(O)CCC(C)CC2)cc1. The summed E-state index contributed by atoms with van der Waals surface area (Å²) >= 11 is 0. The van der Waals surface area contributed by atoms with Crippen molar-refractivity contribution >= 4 is 0 Å². The highest BCUT2D eigenvalue weighted by Crippen LogP contribution is 2.34. The van der Waals surface area contributed by atoms with Crippen molar-refractivity contribution in [3.63, 3.8) is 0 Å². The second-order valence-electron chi connectivity index (χ2n) is 5.75. The third-order valence-electron chi connectivity index (χ3n) is 4.17. The number of hydrogen-bond donors (Lipinski definition) is 1. The van der Waals surface area contributed by atoms with Crippen molar-refractivity contribution in [1.82, 2.24) is 0 Å². The van der Waals surface area contributed by atoms with Gasteiger partial charge in [0.1, 0.15) is 0 Å². The Labute approximate surface area is 105 Å². The first-order valence-electron chi connectivity index (χ1n) is 6.91. The van der Waals surface area contributed by atoms with Gasteiger partial charge in [0.15, 0.2) is 0 Å². The third-order valence-corrected chi connectivity index (χ3v) is 4.17. The normalized spacial score (nSPS) is 29.2. The van der Waals surface area contributed by atoms with Gasteiger partial charge in [0.05, 0.1) is 5.60 Å². The summed E-state index contributed by atoms with van der Waals surface area (Å²) in [5, 5.41) is 10.6. The summed E-state index contributed by atoms with van der Waals surface area (Å²) < 4.78 is 0. The molecule has 1 N–H and O–H groups in total. The molecular formula is C16H24O. The molecule has 0 bridgehead atoms. The highest BCUT2D eigenvalue weighted by Gasteiger charge is 2.31. The molecule has 0 saturated heterocycles. The quantitative estimate of drug-likeness (QED) is 0.842. The summed E-state index contributed by atoms with van der Waals surface area (Å²) in [6.45, 7) is 4.46. The van der Waals surface area contributed by atoms with E-state index in [0.717, 1.165) is 31.6 Å². The molecule has 0 spiro atoms. The minimum atomic E-state index is -0.444. The van der Waals surface area contributed by atoms with Crippen LogP contribution in [0.3, 0.4) is 0 Å². The molecule has 0 atom stereocenters. The molecule has 1 aromatic rings. The van der Waals surface area contributed by atoms with Crippen LogP contribution in [0.5, 0.6) is 0 Å². The third kappa shape index (κ3) is 3.32. The topological polar surface area (TPSA) is 20.2 Å². The molecule has 1 aliphatic carbocycles. The molecule has 0 heterocycles. The van der Waals surface area contributed by atoms with Gasteiger partial charge in [-0.15, -0.1) is 0 Å². The summed E-state index contributed by atoms with van der Waals surface area (Å²) in [7, 11) is 0. The molecule has 0 aromatic heterocycles. The van der Waals surface area contributed by atoms with Gasteiger partial charge in [0.2, 0.25) is 0 Å². The average molecular weight is 232 g/mol. The molecule has 0 unspecified atom stereocenters. The Hall–Kier alpha value is -0.820. The molecule has 0 aliphatic heterocycles. The Balaban J connectivity index is 1.99. The molecule has 0 amide bonds. The standard InChI is InChI=1S/C16H24O/c1-3-14-4-6-15(7-5-14)12-16(17)10-8-13(2)9-11-16/h4-7,13,17H,3,8-12H2,1-2H3. The average Bonchev–Trinajstić information content (AvgIpc) is 2.34. The lowest BCUT2D eigenvalue weighted by atomic mass is 9.76. The molecule has 17 heavy (non-hydrogen) atoms. The highest BCUT2D eigenvalue weighted by molar-refractivity contribution is 5.23. The van der Waals surface area contributed by atoms with Gasteiger partial charge in [-0.3, -0.25) is 0 Å². The van der Waals surface area contributed by atoms with Gasteiger partial charge in [-0.05, 0) is 49.1 Å². The van der Waals surface area contributed by atoms with Gasteiger partial charge in [-0.1, -0.05) is 38.1 Å². The summed E-state index contributed by atoms with van der Waals surface area (Å²) in [6, 6.07) is 8.72. The predicted octanol–water partition coefficient (Wildman–Crippen LogP) is 3.73. The first kappa shape index (κ1) is 12.6. The first-order valence-corrected chi connectivity index (χ1v) is 6.91. The van der Waals surface area contributed by atoms with Crippen molar-refractivity contribution in [2.45, 2.75) is 58.0 Å². The molecule has 94 valence electrons. The molecule has 1 aromatic carbocycles. The van der Waals surface area contributed by atoms with Crippen molar-refractivity contribution in [1.29, 1.82) is 0 Å². The maximum absolute atomic E-state index is 10.6. The molecule has 1 aliphatic rings. The van der Waals surface area contributed by atoms with E-state index in [1.165, 1.54) is 24.0 Å². The molecule has 2 rings (SSSR count). The minimum absolute atomic E-state index is 0.444. The van der Waals surface area contributed by atoms with Crippen LogP contribution < -0.4 is 0 Å². The van der Waals surface area contributed by atoms with Crippen LogP contribution in [-0.2, 0) is 12.8 Å². The number of hydrogen-bond acceptors (Lipinski definition) is 1. The summed E-state index contributed by atoms with van der Waals surface area (Å²) in [4.78, 5) is 0. The Morgan fingerprint density at radius 3 is 2.18 bits per heavy atom. The predicted molar refractivity (Wildman–Crippen MR) is 72.1 cm³/mol. The van der Waals surface area contributed by atoms with E-state index in [1.807, 2.05) is 0 Å². The van der Waals surface area contributed by atoms with Crippen LogP contribution in [0, 0.1) is 5.92 Å². The van der Waals surface area contributed by atoms with Crippen molar-refractivity contribution in [3.8, 4) is 0 Å². The monoisotopic (exact) mass is 232 g/mol. The fourth-order valence-electron chi connectivity index (χ4n) is 2.75. The van der Waals surface area contributed by atoms with E-state index in [4.69, 9.17) is 0 Å². The molecule has 1 nitrogen and oxygen atoms in total. The van der Waals surface area contributed by atoms with Crippen LogP contribution in [0.1, 0.15) is 50.7 Å². The zero-order valence-electron chi connectivity index (χ0n) is 11.1. The van der Waals surface area contributed by atoms with Gasteiger partial charge >= 0.3 is 0 Å². The Morgan fingerprint density at radius 1 is 1.12 bits per heavy atom. The summed E-state index contributed by atoms with van der Waals surface area (Å²) in [5.74, 6) is 0.790. The van der Waals surface area contributed by atoms with Crippen LogP contribution in [0.4, 0.5) is 0 Å². The number of aryl methyl sites for hydroxylation is 1. The summed E-state index contributed by atoms with van der Waals surface area (Å²) in [5.41, 5.74) is 2.21. The summed E-state index contributed by atoms with van der Waals surface area (Å²) in [6.07, 6.45) is 6.17. The largest absolute Gasteiger partial charge is 0.390 e. The van der Waals surface area contributed by atoms with Crippen molar-refractivity contribution < 1.29 is 5.11 Å². The zero-order valence-corrected chi connectivity index (χ0v) is 11.1. The molecule has 1 heteroatoms. The molecular weight excluding hydrogens is 208 g/mol. The number of rotatable bonds is 3. The highest BCUT2D eigenvalue weighted by atomic mass is 16.3. The van der Waals surface area contributed by atoms with Gasteiger partial charge < -0.3 is 5.11 Å². The second-order valence-corrected chi connectivity index (χ2v) is 5.75. The number of benzene rings is 1. The van der Waals surface area contributed by atoms with E-state index in [1.54, 1.807) is 0 Å². The maximum atomic E-state index is 10.6. The lowest BCUT2D eigenvalue weighted by molar-refractivity contribution is -0.00667. The van der Waals surface area contributed by atoms with Crippen molar-refractivity contribution in [3.05, 3.63) is 35.4 Å². The maximum Gasteiger partial charge on any atom is 0.0688 e. The van der Waals surface area contributed by atoms with E-state index < -0.39 is 5.60 Å². The Morgan fingerprint density at radius 2 is 1.65 bits per heavy atom. The van der Waals surface area contributed by atoms with E-state index in [2.05, 4.69) is 38.1 Å². The van der Waals surface area contributed by atoms with Gasteiger partial charge in [-0.25, -0.2) is 0 Å². The lowest BCUT2D eigenvalue weighted by Crippen LogP contribution is -2.35. The van der Waals surface area contributed by atoms with E-state index in [-0.39, 0.29) is 0 Å².